The van der Waals surface area contributed by atoms with Gasteiger partial charge in [0.2, 0.25) is 0 Å². The van der Waals surface area contributed by atoms with Gasteiger partial charge in [0.05, 0.1) is 33.0 Å². The number of hydrogen-bond acceptors (Lipinski definition) is 8. The molecule has 9 heteroatoms. The molecule has 1 spiro atoms. The first-order valence-electron chi connectivity index (χ1n) is 13.4. The van der Waals surface area contributed by atoms with E-state index < -0.39 is 29.0 Å². The summed E-state index contributed by atoms with van der Waals surface area (Å²) in [4.78, 5) is 41.7. The molecule has 1 amide bonds. The summed E-state index contributed by atoms with van der Waals surface area (Å²) in [6.45, 7) is 4.29. The maximum Gasteiger partial charge on any atom is 0.410 e. The molecule has 0 radical (unpaired) electrons. The van der Waals surface area contributed by atoms with Gasteiger partial charge in [0, 0.05) is 6.54 Å². The minimum absolute atomic E-state index is 0.140. The number of fused-ring (bicyclic) bond motifs is 2. The molecule has 1 fully saturated rings. The van der Waals surface area contributed by atoms with Crippen LogP contribution < -0.4 is 9.47 Å². The Bertz CT molecular complexity index is 1170. The number of hydrogen-bond donors (Lipinski definition) is 0. The number of nitrogens with zero attached hydrogens (tertiary/aromatic N) is 1. The van der Waals surface area contributed by atoms with E-state index in [0.29, 0.717) is 37.3 Å². The fourth-order valence-electron chi connectivity index (χ4n) is 5.88. The van der Waals surface area contributed by atoms with E-state index in [1.165, 1.54) is 0 Å². The third-order valence-corrected chi connectivity index (χ3v) is 7.92. The number of amides is 1. The monoisotopic (exact) mass is 539 g/mol. The predicted molar refractivity (Wildman–Crippen MR) is 142 cm³/mol. The van der Waals surface area contributed by atoms with E-state index in [2.05, 4.69) is 0 Å². The molecule has 0 N–H and O–H groups in total. The van der Waals surface area contributed by atoms with Gasteiger partial charge in [0.1, 0.15) is 6.61 Å². The van der Waals surface area contributed by atoms with Gasteiger partial charge in [-0.05, 0) is 74.8 Å². The van der Waals surface area contributed by atoms with Crippen LogP contribution in [0.1, 0.15) is 56.2 Å². The first-order chi connectivity index (χ1) is 18.8. The third-order valence-electron chi connectivity index (χ3n) is 7.92. The van der Waals surface area contributed by atoms with Crippen molar-refractivity contribution in [3.8, 4) is 11.5 Å². The number of ether oxygens (including phenoxy) is 5. The number of benzene rings is 2. The third kappa shape index (κ3) is 5.27. The highest BCUT2D eigenvalue weighted by Crippen LogP contribution is 2.54. The Hall–Kier alpha value is -3.75. The molecule has 2 aromatic rings. The molecule has 210 valence electrons. The van der Waals surface area contributed by atoms with E-state index in [1.807, 2.05) is 42.5 Å². The van der Waals surface area contributed by atoms with Crippen LogP contribution in [0, 0.1) is 5.41 Å². The second-order valence-electron chi connectivity index (χ2n) is 9.86. The summed E-state index contributed by atoms with van der Waals surface area (Å²) in [6, 6.07) is 13.4. The van der Waals surface area contributed by atoms with Gasteiger partial charge >= 0.3 is 18.0 Å². The Kier molecular flexibility index (Phi) is 8.67. The fraction of sp³-hybridized carbons (Fsp3) is 0.500. The Morgan fingerprint density at radius 3 is 1.97 bits per heavy atom. The molecule has 39 heavy (non-hydrogen) atoms. The largest absolute Gasteiger partial charge is 0.493 e. The molecule has 1 saturated carbocycles. The van der Waals surface area contributed by atoms with Crippen molar-refractivity contribution < 1.29 is 38.1 Å². The molecule has 1 aliphatic carbocycles. The summed E-state index contributed by atoms with van der Waals surface area (Å²) < 4.78 is 27.6. The van der Waals surface area contributed by atoms with Crippen molar-refractivity contribution in [1.82, 2.24) is 4.90 Å². The number of rotatable bonds is 8. The predicted octanol–water partition coefficient (Wildman–Crippen LogP) is 4.78. The Balaban J connectivity index is 1.73. The highest BCUT2D eigenvalue weighted by Gasteiger charge is 2.58. The van der Waals surface area contributed by atoms with Crippen LogP contribution in [0.25, 0.3) is 0 Å². The maximum atomic E-state index is 13.6. The van der Waals surface area contributed by atoms with E-state index in [0.717, 1.165) is 16.7 Å². The summed E-state index contributed by atoms with van der Waals surface area (Å²) >= 11 is 0. The lowest BCUT2D eigenvalue weighted by Gasteiger charge is -2.52. The number of carbonyl (C=O) groups excluding carboxylic acids is 3. The highest BCUT2D eigenvalue weighted by molar-refractivity contribution is 6.00. The number of methoxy groups -OCH3 is 2. The zero-order chi connectivity index (χ0) is 28.0. The van der Waals surface area contributed by atoms with Crippen molar-refractivity contribution in [3.63, 3.8) is 0 Å². The summed E-state index contributed by atoms with van der Waals surface area (Å²) in [5.74, 6) is -0.0165. The second-order valence-corrected chi connectivity index (χ2v) is 9.86. The molecule has 4 rings (SSSR count). The van der Waals surface area contributed by atoms with E-state index >= 15 is 0 Å². The SMILES string of the molecule is CCOC(=O)C1(C(=O)OCC)CCC2(CC1)c1cc(OC)c(OC)cc1CCN2C(=O)OCc1ccccc1. The molecule has 9 nitrogen and oxygen atoms in total. The standard InChI is InChI=1S/C30H37NO8/c1-5-37-26(32)29(27(33)38-6-2)13-15-30(16-14-29)23-19-25(36-4)24(35-3)18-22(23)12-17-31(30)28(34)39-20-21-10-8-7-9-11-21/h7-11,18-19H,5-6,12-17,20H2,1-4H3. The van der Waals surface area contributed by atoms with Gasteiger partial charge in [-0.3, -0.25) is 14.5 Å². The van der Waals surface area contributed by atoms with E-state index in [4.69, 9.17) is 23.7 Å². The van der Waals surface area contributed by atoms with Gasteiger partial charge < -0.3 is 23.7 Å². The molecule has 2 aromatic carbocycles. The van der Waals surface area contributed by atoms with Crippen LogP contribution in [0.2, 0.25) is 0 Å². The Labute approximate surface area is 229 Å². The lowest BCUT2D eigenvalue weighted by Crippen LogP contribution is -2.58. The van der Waals surface area contributed by atoms with E-state index in [1.54, 1.807) is 33.0 Å². The molecule has 0 aromatic heterocycles. The Morgan fingerprint density at radius 1 is 0.821 bits per heavy atom. The zero-order valence-corrected chi connectivity index (χ0v) is 23.1. The van der Waals surface area contributed by atoms with Crippen molar-refractivity contribution in [1.29, 1.82) is 0 Å². The van der Waals surface area contributed by atoms with Gasteiger partial charge in [-0.2, -0.15) is 0 Å². The number of esters is 2. The molecular formula is C30H37NO8. The van der Waals surface area contributed by atoms with Crippen molar-refractivity contribution >= 4 is 18.0 Å². The molecule has 1 heterocycles. The van der Waals surface area contributed by atoms with E-state index in [9.17, 15) is 14.4 Å². The van der Waals surface area contributed by atoms with Crippen LogP contribution in [0.3, 0.4) is 0 Å². The van der Waals surface area contributed by atoms with Gasteiger partial charge in [-0.15, -0.1) is 0 Å². The van der Waals surface area contributed by atoms with Crippen LogP contribution in [0.4, 0.5) is 4.79 Å². The Morgan fingerprint density at radius 2 is 1.41 bits per heavy atom. The first-order valence-corrected chi connectivity index (χ1v) is 13.4. The summed E-state index contributed by atoms with van der Waals surface area (Å²) in [5, 5.41) is 0. The minimum atomic E-state index is -1.43. The minimum Gasteiger partial charge on any atom is -0.493 e. The maximum absolute atomic E-state index is 13.6. The topological polar surface area (TPSA) is 101 Å². The first kappa shape index (κ1) is 28.3. The molecule has 0 atom stereocenters. The van der Waals surface area contributed by atoms with Crippen molar-refractivity contribution in [3.05, 3.63) is 59.2 Å². The second kappa shape index (κ2) is 12.0. The lowest BCUT2D eigenvalue weighted by atomic mass is 9.62. The van der Waals surface area contributed by atoms with Crippen LogP contribution in [-0.2, 0) is 42.4 Å². The van der Waals surface area contributed by atoms with Crippen LogP contribution in [-0.4, -0.2) is 56.9 Å². The van der Waals surface area contributed by atoms with E-state index in [-0.39, 0.29) is 32.7 Å². The normalized spacial score (nSPS) is 17.1. The van der Waals surface area contributed by atoms with Crippen molar-refractivity contribution in [2.24, 2.45) is 5.41 Å². The van der Waals surface area contributed by atoms with Gasteiger partial charge in [-0.1, -0.05) is 30.3 Å². The number of carbonyl (C=O) groups is 3. The van der Waals surface area contributed by atoms with Gasteiger partial charge in [0.15, 0.2) is 16.9 Å². The summed E-state index contributed by atoms with van der Waals surface area (Å²) in [7, 11) is 3.16. The van der Waals surface area contributed by atoms with Crippen LogP contribution in [0.5, 0.6) is 11.5 Å². The van der Waals surface area contributed by atoms with Crippen molar-refractivity contribution in [2.75, 3.05) is 34.0 Å². The smallest absolute Gasteiger partial charge is 0.410 e. The highest BCUT2D eigenvalue weighted by atomic mass is 16.6. The average Bonchev–Trinajstić information content (AvgIpc) is 2.96. The molecule has 0 unspecified atom stereocenters. The molecule has 0 saturated heterocycles. The molecule has 0 bridgehead atoms. The van der Waals surface area contributed by atoms with Crippen LogP contribution >= 0.6 is 0 Å². The average molecular weight is 540 g/mol. The molecule has 2 aliphatic rings. The summed E-state index contributed by atoms with van der Waals surface area (Å²) in [6.07, 6.45) is 1.17. The fourth-order valence-corrected chi connectivity index (χ4v) is 5.88. The lowest BCUT2D eigenvalue weighted by molar-refractivity contribution is -0.177. The quantitative estimate of drug-likeness (QED) is 0.268. The summed E-state index contributed by atoms with van der Waals surface area (Å²) in [5.41, 5.74) is 0.578. The molecule has 1 aliphatic heterocycles. The van der Waals surface area contributed by atoms with Crippen LogP contribution in [0.15, 0.2) is 42.5 Å². The zero-order valence-electron chi connectivity index (χ0n) is 23.1. The van der Waals surface area contributed by atoms with Crippen molar-refractivity contribution in [2.45, 2.75) is 58.1 Å². The van der Waals surface area contributed by atoms with Gasteiger partial charge in [-0.25, -0.2) is 4.79 Å². The molecular weight excluding hydrogens is 502 g/mol. The van der Waals surface area contributed by atoms with Gasteiger partial charge in [0.25, 0.3) is 0 Å².